The number of thioether (sulfide) groups is 1. The fraction of sp³-hybridized carbons (Fsp3) is 0.167. The van der Waals surface area contributed by atoms with E-state index >= 15 is 0 Å². The Bertz CT molecular complexity index is 974. The van der Waals surface area contributed by atoms with E-state index in [0.29, 0.717) is 5.13 Å². The van der Waals surface area contributed by atoms with E-state index in [1.165, 1.54) is 23.1 Å². The van der Waals surface area contributed by atoms with E-state index in [4.69, 9.17) is 0 Å². The normalized spacial score (nSPS) is 12.5. The van der Waals surface area contributed by atoms with Crippen molar-refractivity contribution in [2.45, 2.75) is 22.9 Å². The number of rotatable bonds is 5. The number of nitrogens with one attached hydrogen (secondary N) is 1. The van der Waals surface area contributed by atoms with Gasteiger partial charge >= 0.3 is 0 Å². The van der Waals surface area contributed by atoms with E-state index < -0.39 is 0 Å². The minimum Gasteiger partial charge on any atom is -0.301 e. The van der Waals surface area contributed by atoms with Gasteiger partial charge in [-0.2, -0.15) is 0 Å². The van der Waals surface area contributed by atoms with Gasteiger partial charge < -0.3 is 5.32 Å². The molecular weight excluding hydrogens is 370 g/mol. The largest absolute Gasteiger partial charge is 0.301 e. The van der Waals surface area contributed by atoms with Gasteiger partial charge in [0.25, 0.3) is 0 Å². The molecular formula is C18H15N3OS3. The third-order valence-corrected chi connectivity index (χ3v) is 7.15. The van der Waals surface area contributed by atoms with Crippen molar-refractivity contribution in [3.8, 4) is 0 Å². The topological polar surface area (TPSA) is 54.9 Å². The Balaban J connectivity index is 1.50. The lowest BCUT2D eigenvalue weighted by Gasteiger charge is -2.11. The van der Waals surface area contributed by atoms with Crippen molar-refractivity contribution in [1.82, 2.24) is 9.97 Å². The Morgan fingerprint density at radius 2 is 1.68 bits per heavy atom. The predicted octanol–water partition coefficient (Wildman–Crippen LogP) is 5.42. The number of benzene rings is 2. The molecule has 4 aromatic rings. The molecule has 0 radical (unpaired) electrons. The minimum atomic E-state index is -0.187. The second kappa shape index (κ2) is 7.11. The molecule has 0 aliphatic heterocycles. The first-order chi connectivity index (χ1) is 12.2. The number of thiazole rings is 2. The highest BCUT2D eigenvalue weighted by Gasteiger charge is 2.21. The molecule has 0 aliphatic rings. The van der Waals surface area contributed by atoms with Crippen LogP contribution in [0.2, 0.25) is 0 Å². The molecule has 7 heteroatoms. The van der Waals surface area contributed by atoms with Gasteiger partial charge in [-0.05, 0) is 30.7 Å². The molecule has 25 heavy (non-hydrogen) atoms. The average molecular weight is 386 g/mol. The van der Waals surface area contributed by atoms with Crippen LogP contribution in [0.5, 0.6) is 0 Å². The summed E-state index contributed by atoms with van der Waals surface area (Å²) < 4.78 is 3.14. The summed E-state index contributed by atoms with van der Waals surface area (Å²) >= 11 is 4.65. The highest BCUT2D eigenvalue weighted by Crippen LogP contribution is 2.34. The quantitative estimate of drug-likeness (QED) is 0.466. The highest BCUT2D eigenvalue weighted by atomic mass is 32.2. The molecule has 2 heterocycles. The number of carbonyl (C=O) groups excluding carboxylic acids is 1. The van der Waals surface area contributed by atoms with Gasteiger partial charge in [0.2, 0.25) is 5.91 Å². The first-order valence-electron chi connectivity index (χ1n) is 7.91. The number of carbonyl (C=O) groups is 1. The summed E-state index contributed by atoms with van der Waals surface area (Å²) in [7, 11) is 0. The van der Waals surface area contributed by atoms with Crippen LogP contribution in [-0.4, -0.2) is 21.1 Å². The number of anilines is 1. The zero-order valence-electron chi connectivity index (χ0n) is 13.4. The first kappa shape index (κ1) is 16.5. The standard InChI is InChI=1S/C18H15N3OS3/c1-2-13(24-18-20-12-8-4-6-10-15(12)25-18)16(22)21-17-19-11-7-3-5-9-14(11)23-17/h3-10,13H,2H2,1H3,(H,19,21,22). The Morgan fingerprint density at radius 3 is 2.32 bits per heavy atom. The molecule has 0 fully saturated rings. The van der Waals surface area contributed by atoms with E-state index in [1.54, 1.807) is 11.3 Å². The van der Waals surface area contributed by atoms with Crippen molar-refractivity contribution >= 4 is 65.9 Å². The van der Waals surface area contributed by atoms with Gasteiger partial charge in [0, 0.05) is 0 Å². The van der Waals surface area contributed by atoms with Gasteiger partial charge in [0.15, 0.2) is 9.47 Å². The van der Waals surface area contributed by atoms with Crippen LogP contribution >= 0.6 is 34.4 Å². The molecule has 0 saturated carbocycles. The third-order valence-electron chi connectivity index (χ3n) is 3.70. The van der Waals surface area contributed by atoms with E-state index in [0.717, 1.165) is 31.2 Å². The Morgan fingerprint density at radius 1 is 1.04 bits per heavy atom. The fourth-order valence-corrected chi connectivity index (χ4v) is 5.56. The molecule has 2 aromatic heterocycles. The number of nitrogens with zero attached hydrogens (tertiary/aromatic N) is 2. The van der Waals surface area contributed by atoms with Gasteiger partial charge in [0.1, 0.15) is 0 Å². The zero-order chi connectivity index (χ0) is 17.2. The van der Waals surface area contributed by atoms with Gasteiger partial charge in [-0.15, -0.1) is 11.3 Å². The molecule has 126 valence electrons. The molecule has 1 amide bonds. The number of aromatic nitrogens is 2. The van der Waals surface area contributed by atoms with Crippen LogP contribution in [0.15, 0.2) is 52.9 Å². The van der Waals surface area contributed by atoms with Crippen molar-refractivity contribution < 1.29 is 4.79 Å². The maximum atomic E-state index is 12.7. The van der Waals surface area contributed by atoms with Crippen LogP contribution in [0.25, 0.3) is 20.4 Å². The van der Waals surface area contributed by atoms with E-state index in [1.807, 2.05) is 49.4 Å². The second-order valence-corrected chi connectivity index (χ2v) is 8.95. The molecule has 1 atom stereocenters. The van der Waals surface area contributed by atoms with Crippen LogP contribution in [0.4, 0.5) is 5.13 Å². The number of amides is 1. The predicted molar refractivity (Wildman–Crippen MR) is 108 cm³/mol. The van der Waals surface area contributed by atoms with Crippen LogP contribution < -0.4 is 5.32 Å². The maximum Gasteiger partial charge on any atom is 0.239 e. The smallest absolute Gasteiger partial charge is 0.239 e. The van der Waals surface area contributed by atoms with Crippen molar-refractivity contribution in [3.05, 3.63) is 48.5 Å². The van der Waals surface area contributed by atoms with Gasteiger partial charge in [-0.25, -0.2) is 9.97 Å². The fourth-order valence-electron chi connectivity index (χ4n) is 2.46. The van der Waals surface area contributed by atoms with Crippen LogP contribution in [-0.2, 0) is 4.79 Å². The van der Waals surface area contributed by atoms with E-state index in [9.17, 15) is 4.79 Å². The summed E-state index contributed by atoms with van der Waals surface area (Å²) in [5.41, 5.74) is 1.89. The van der Waals surface area contributed by atoms with Crippen LogP contribution in [0, 0.1) is 0 Å². The molecule has 1 N–H and O–H groups in total. The number of fused-ring (bicyclic) bond motifs is 2. The van der Waals surface area contributed by atoms with Crippen molar-refractivity contribution in [2.24, 2.45) is 0 Å². The van der Waals surface area contributed by atoms with E-state index in [-0.39, 0.29) is 11.2 Å². The van der Waals surface area contributed by atoms with Crippen LogP contribution in [0.1, 0.15) is 13.3 Å². The lowest BCUT2D eigenvalue weighted by Crippen LogP contribution is -2.24. The summed E-state index contributed by atoms with van der Waals surface area (Å²) in [6.45, 7) is 2.02. The Hall–Kier alpha value is -1.96. The lowest BCUT2D eigenvalue weighted by atomic mass is 10.3. The molecule has 0 bridgehead atoms. The first-order valence-corrected chi connectivity index (χ1v) is 10.4. The van der Waals surface area contributed by atoms with Gasteiger partial charge in [0.05, 0.1) is 25.7 Å². The molecule has 2 aromatic carbocycles. The van der Waals surface area contributed by atoms with E-state index in [2.05, 4.69) is 21.4 Å². The third kappa shape index (κ3) is 3.53. The van der Waals surface area contributed by atoms with Crippen molar-refractivity contribution in [1.29, 1.82) is 0 Å². The highest BCUT2D eigenvalue weighted by molar-refractivity contribution is 8.02. The number of para-hydroxylation sites is 2. The lowest BCUT2D eigenvalue weighted by molar-refractivity contribution is -0.115. The Labute approximate surface area is 157 Å². The molecule has 4 nitrogen and oxygen atoms in total. The molecule has 0 saturated heterocycles. The van der Waals surface area contributed by atoms with Gasteiger partial charge in [-0.1, -0.05) is 54.3 Å². The number of hydrogen-bond donors (Lipinski definition) is 1. The zero-order valence-corrected chi connectivity index (χ0v) is 15.9. The van der Waals surface area contributed by atoms with Crippen molar-refractivity contribution in [2.75, 3.05) is 5.32 Å². The summed E-state index contributed by atoms with van der Waals surface area (Å²) in [6.07, 6.45) is 0.733. The summed E-state index contributed by atoms with van der Waals surface area (Å²) in [4.78, 5) is 21.7. The maximum absolute atomic E-state index is 12.7. The SMILES string of the molecule is CCC(Sc1nc2ccccc2s1)C(=O)Nc1nc2ccccc2s1. The van der Waals surface area contributed by atoms with Crippen LogP contribution in [0.3, 0.4) is 0 Å². The number of hydrogen-bond acceptors (Lipinski definition) is 6. The molecule has 0 spiro atoms. The summed E-state index contributed by atoms with van der Waals surface area (Å²) in [5.74, 6) is -0.0224. The monoisotopic (exact) mass is 385 g/mol. The molecule has 4 rings (SSSR count). The van der Waals surface area contributed by atoms with Gasteiger partial charge in [-0.3, -0.25) is 4.79 Å². The van der Waals surface area contributed by atoms with Crippen molar-refractivity contribution in [3.63, 3.8) is 0 Å². The minimum absolute atomic E-state index is 0.0224. The second-order valence-electron chi connectivity index (χ2n) is 5.44. The summed E-state index contributed by atoms with van der Waals surface area (Å²) in [6, 6.07) is 15.9. The Kier molecular flexibility index (Phi) is 4.70. The molecule has 0 aliphatic carbocycles. The summed E-state index contributed by atoms with van der Waals surface area (Å²) in [5, 5.41) is 3.42. The molecule has 1 unspecified atom stereocenters. The average Bonchev–Trinajstić information content (AvgIpc) is 3.21.